The summed E-state index contributed by atoms with van der Waals surface area (Å²) >= 11 is 10.4. The van der Waals surface area contributed by atoms with Crippen LogP contribution in [0.15, 0.2) is 245 Å². The monoisotopic (exact) mass is 1140 g/mol. The van der Waals surface area contributed by atoms with Crippen LogP contribution >= 0.6 is 47.8 Å². The Morgan fingerprint density at radius 3 is 0.548 bits per heavy atom. The van der Waals surface area contributed by atoms with E-state index < -0.39 is 0 Å². The Morgan fingerprint density at radius 1 is 0.205 bits per heavy atom. The molecule has 0 aliphatic carbocycles. The van der Waals surface area contributed by atoms with E-state index in [1.165, 1.54) is 0 Å². The Bertz CT molecular complexity index is 3420. The molecule has 0 atom stereocenters. The number of rotatable bonds is 12. The van der Waals surface area contributed by atoms with Crippen molar-refractivity contribution in [2.24, 2.45) is 0 Å². The van der Waals surface area contributed by atoms with Crippen molar-refractivity contribution >= 4 is 64.9 Å². The minimum Gasteiger partial charge on any atom is -0.416 e. The summed E-state index contributed by atoms with van der Waals surface area (Å²) in [7, 11) is 0. The predicted octanol–water partition coefficient (Wildman–Crippen LogP) is 17.6. The lowest BCUT2D eigenvalue weighted by Gasteiger charge is -2.26. The molecular weight excluding hydrogens is 1110 g/mol. The van der Waals surface area contributed by atoms with Gasteiger partial charge in [0.15, 0.2) is 0 Å². The van der Waals surface area contributed by atoms with Crippen molar-refractivity contribution in [3.8, 4) is 102 Å². The maximum Gasteiger partial charge on any atom is 0.248 e. The smallest absolute Gasteiger partial charge is 0.248 e. The Balaban J connectivity index is 0.804. The van der Waals surface area contributed by atoms with Gasteiger partial charge in [0.05, 0.1) is 0 Å². The fraction of sp³-hybridized carbons (Fsp3) is 0. The highest BCUT2D eigenvalue weighted by molar-refractivity contribution is 9.11. The van der Waals surface area contributed by atoms with E-state index in [-0.39, 0.29) is 0 Å². The van der Waals surface area contributed by atoms with Crippen LogP contribution < -0.4 is 4.90 Å². The normalized spacial score (nSPS) is 11.2. The molecular formula is C60H36Br3N7O3. The average Bonchev–Trinajstić information content (AvgIpc) is 4.26. The highest BCUT2D eigenvalue weighted by atomic mass is 79.9. The first kappa shape index (κ1) is 45.8. The SMILES string of the molecule is Brc1ccc(-c2nnc(-c3ccc(-c4ccc(N(c5ccc(-c6ccc(-c7nnc(-c8ccc(Br)cc8)o7)cc6)cc5)c5ccc(-c6ccc(-c7nnc(-c8ccc(Br)cc8)o7)cc6)cc5)cc4)cc3)o2)cc1. The van der Waals surface area contributed by atoms with Gasteiger partial charge in [0.25, 0.3) is 0 Å². The summed E-state index contributed by atoms with van der Waals surface area (Å²) in [4.78, 5) is 2.27. The van der Waals surface area contributed by atoms with E-state index in [0.717, 1.165) is 97.2 Å². The molecule has 0 fully saturated rings. The van der Waals surface area contributed by atoms with Crippen LogP contribution in [0.2, 0.25) is 0 Å². The van der Waals surface area contributed by atoms with Crippen LogP contribution in [0.4, 0.5) is 17.1 Å². The topological polar surface area (TPSA) is 120 Å². The zero-order valence-corrected chi connectivity index (χ0v) is 43.0. The van der Waals surface area contributed by atoms with Gasteiger partial charge in [-0.1, -0.05) is 121 Å². The second-order valence-electron chi connectivity index (χ2n) is 17.0. The zero-order chi connectivity index (χ0) is 49.3. The molecule has 0 aliphatic heterocycles. The first-order valence-electron chi connectivity index (χ1n) is 23.0. The van der Waals surface area contributed by atoms with Crippen molar-refractivity contribution in [1.82, 2.24) is 30.6 Å². The largest absolute Gasteiger partial charge is 0.416 e. The molecule has 0 unspecified atom stereocenters. The van der Waals surface area contributed by atoms with E-state index >= 15 is 0 Å². The van der Waals surface area contributed by atoms with E-state index in [4.69, 9.17) is 13.3 Å². The van der Waals surface area contributed by atoms with Gasteiger partial charge in [-0.2, -0.15) is 0 Å². The highest BCUT2D eigenvalue weighted by Crippen LogP contribution is 2.39. The van der Waals surface area contributed by atoms with Crippen molar-refractivity contribution in [3.63, 3.8) is 0 Å². The van der Waals surface area contributed by atoms with Gasteiger partial charge in [0, 0.05) is 63.9 Å². The van der Waals surface area contributed by atoms with Crippen molar-refractivity contribution < 1.29 is 13.3 Å². The Kier molecular flexibility index (Phi) is 12.6. The van der Waals surface area contributed by atoms with Crippen molar-refractivity contribution in [2.45, 2.75) is 0 Å². The van der Waals surface area contributed by atoms with Gasteiger partial charge in [-0.15, -0.1) is 30.6 Å². The number of anilines is 3. The summed E-state index contributed by atoms with van der Waals surface area (Å²) in [6.07, 6.45) is 0. The number of hydrogen-bond donors (Lipinski definition) is 0. The van der Waals surface area contributed by atoms with Crippen LogP contribution in [-0.4, -0.2) is 30.6 Å². The summed E-state index contributed by atoms with van der Waals surface area (Å²) in [5.74, 6) is 2.81. The van der Waals surface area contributed by atoms with Gasteiger partial charge in [-0.05, 0) is 179 Å². The van der Waals surface area contributed by atoms with Gasteiger partial charge >= 0.3 is 0 Å². The van der Waals surface area contributed by atoms with E-state index in [9.17, 15) is 0 Å². The Labute approximate surface area is 444 Å². The zero-order valence-electron chi connectivity index (χ0n) is 38.3. The van der Waals surface area contributed by atoms with Crippen LogP contribution in [0.5, 0.6) is 0 Å². The number of halogens is 3. The molecule has 10 nitrogen and oxygen atoms in total. The quantitative estimate of drug-likeness (QED) is 0.117. The summed E-state index contributed by atoms with van der Waals surface area (Å²) in [5.41, 5.74) is 14.5. The standard InChI is InChI=1S/C60H36Br3N7O3/c61-49-25-13-46(14-26-49)58-67-64-55(71-58)43-7-1-37(2-8-43)40-19-31-52(32-20-40)70(53-33-21-41(22-34-53)38-3-9-44(10-4-38)56-65-68-59(72-56)47-15-27-50(62)28-16-47)54-35-23-42(24-36-54)39-5-11-45(12-6-39)57-66-69-60(73-57)48-17-29-51(63)30-18-48/h1-36H. The van der Waals surface area contributed by atoms with Crippen LogP contribution in [0, 0.1) is 0 Å². The first-order chi connectivity index (χ1) is 35.8. The van der Waals surface area contributed by atoms with E-state index in [2.05, 4.69) is 192 Å². The van der Waals surface area contributed by atoms with Crippen LogP contribution in [0.1, 0.15) is 0 Å². The fourth-order valence-electron chi connectivity index (χ4n) is 8.42. The van der Waals surface area contributed by atoms with Crippen LogP contribution in [0.25, 0.3) is 102 Å². The summed E-state index contributed by atoms with van der Waals surface area (Å²) in [5, 5.41) is 25.8. The second-order valence-corrected chi connectivity index (χ2v) is 19.7. The molecule has 12 rings (SSSR count). The van der Waals surface area contributed by atoms with E-state index in [1.807, 2.05) is 109 Å². The van der Waals surface area contributed by atoms with E-state index in [0.29, 0.717) is 35.3 Å². The van der Waals surface area contributed by atoms with Gasteiger partial charge in [0.1, 0.15) is 0 Å². The minimum absolute atomic E-state index is 0.465. The third-order valence-electron chi connectivity index (χ3n) is 12.3. The molecule has 350 valence electrons. The van der Waals surface area contributed by atoms with Gasteiger partial charge in [-0.3, -0.25) is 0 Å². The number of hydrogen-bond acceptors (Lipinski definition) is 10. The maximum atomic E-state index is 6.05. The summed E-state index contributed by atoms with van der Waals surface area (Å²) < 4.78 is 21.1. The molecule has 73 heavy (non-hydrogen) atoms. The van der Waals surface area contributed by atoms with Gasteiger partial charge < -0.3 is 18.2 Å². The van der Waals surface area contributed by atoms with Crippen LogP contribution in [-0.2, 0) is 0 Å². The van der Waals surface area contributed by atoms with E-state index in [1.54, 1.807) is 0 Å². The summed E-state index contributed by atoms with van der Waals surface area (Å²) in [6.45, 7) is 0. The molecule has 9 aromatic carbocycles. The molecule has 0 N–H and O–H groups in total. The third kappa shape index (κ3) is 9.85. The van der Waals surface area contributed by atoms with Crippen molar-refractivity contribution in [3.05, 3.63) is 232 Å². The van der Waals surface area contributed by atoms with Gasteiger partial charge in [0.2, 0.25) is 35.3 Å². The lowest BCUT2D eigenvalue weighted by atomic mass is 10.0. The second kappa shape index (κ2) is 20.0. The molecule has 0 aliphatic rings. The molecule has 0 spiro atoms. The summed E-state index contributed by atoms with van der Waals surface area (Å²) in [6, 6.07) is 73.8. The first-order valence-corrected chi connectivity index (χ1v) is 25.4. The molecule has 0 saturated heterocycles. The molecule has 0 radical (unpaired) electrons. The highest BCUT2D eigenvalue weighted by Gasteiger charge is 2.17. The lowest BCUT2D eigenvalue weighted by Crippen LogP contribution is -2.09. The van der Waals surface area contributed by atoms with Gasteiger partial charge in [-0.25, -0.2) is 0 Å². The maximum absolute atomic E-state index is 6.05. The van der Waals surface area contributed by atoms with Crippen molar-refractivity contribution in [1.29, 1.82) is 0 Å². The molecule has 0 amide bonds. The molecule has 12 aromatic rings. The minimum atomic E-state index is 0.465. The predicted molar refractivity (Wildman–Crippen MR) is 297 cm³/mol. The molecule has 0 saturated carbocycles. The third-order valence-corrected chi connectivity index (χ3v) is 13.9. The average molecular weight is 1140 g/mol. The molecule has 3 aromatic heterocycles. The lowest BCUT2D eigenvalue weighted by molar-refractivity contribution is 0.584. The fourth-order valence-corrected chi connectivity index (χ4v) is 9.21. The van der Waals surface area contributed by atoms with Crippen LogP contribution in [0.3, 0.4) is 0 Å². The number of benzene rings is 9. The molecule has 3 heterocycles. The molecule has 0 bridgehead atoms. The Hall–Kier alpha value is -8.36. The molecule has 13 heteroatoms. The number of nitrogens with zero attached hydrogens (tertiary/aromatic N) is 7. The van der Waals surface area contributed by atoms with Crippen molar-refractivity contribution in [2.75, 3.05) is 4.90 Å². The Morgan fingerprint density at radius 2 is 0.356 bits per heavy atom. The number of aromatic nitrogens is 6.